The molecule has 2 unspecified atom stereocenters. The van der Waals surface area contributed by atoms with Crippen LogP contribution in [0.1, 0.15) is 24.5 Å². The number of hydrogen-bond acceptors (Lipinski definition) is 3. The first-order valence-corrected chi connectivity index (χ1v) is 7.47. The van der Waals surface area contributed by atoms with Gasteiger partial charge in [0.05, 0.1) is 11.6 Å². The fraction of sp³-hybridized carbons (Fsp3) is 0.462. The molecule has 18 heavy (non-hydrogen) atoms. The van der Waals surface area contributed by atoms with Gasteiger partial charge < -0.3 is 5.32 Å². The topological polar surface area (TPSA) is 52.9 Å². The van der Waals surface area contributed by atoms with Crippen LogP contribution in [0, 0.1) is 17.1 Å². The summed E-state index contributed by atoms with van der Waals surface area (Å²) >= 11 is 0. The van der Waals surface area contributed by atoms with Crippen LogP contribution in [0.3, 0.4) is 0 Å². The van der Waals surface area contributed by atoms with E-state index in [1.165, 1.54) is 6.07 Å². The van der Waals surface area contributed by atoms with Crippen molar-refractivity contribution in [3.63, 3.8) is 0 Å². The number of benzene rings is 1. The van der Waals surface area contributed by atoms with Crippen LogP contribution in [0.2, 0.25) is 0 Å². The van der Waals surface area contributed by atoms with Crippen LogP contribution in [0.5, 0.6) is 0 Å². The molecule has 1 aromatic carbocycles. The monoisotopic (exact) mass is 268 g/mol. The molecule has 1 N–H and O–H groups in total. The summed E-state index contributed by atoms with van der Waals surface area (Å²) in [6.45, 7) is 2.39. The third-order valence-corrected chi connectivity index (χ3v) is 3.47. The maximum atomic E-state index is 13.6. The highest BCUT2D eigenvalue weighted by atomic mass is 32.2. The van der Waals surface area contributed by atoms with Crippen molar-refractivity contribution in [1.29, 1.82) is 5.26 Å². The second-order valence-electron chi connectivity index (χ2n) is 4.27. The van der Waals surface area contributed by atoms with Crippen LogP contribution >= 0.6 is 0 Å². The third-order valence-electron chi connectivity index (χ3n) is 2.66. The van der Waals surface area contributed by atoms with E-state index >= 15 is 0 Å². The zero-order valence-electron chi connectivity index (χ0n) is 10.6. The van der Waals surface area contributed by atoms with Crippen molar-refractivity contribution in [2.75, 3.05) is 12.0 Å². The quantitative estimate of drug-likeness (QED) is 0.858. The number of hydrogen-bond donors (Lipinski definition) is 1. The second-order valence-corrected chi connectivity index (χ2v) is 5.82. The highest BCUT2D eigenvalue weighted by Gasteiger charge is 2.06. The summed E-state index contributed by atoms with van der Waals surface area (Å²) in [5.74, 6) is 0.275. The Bertz CT molecular complexity index is 471. The standard InChI is InChI=1S/C13H17FN2OS/c1-10(5-6-18(2)17)16-9-12-4-3-11(8-15)7-13(12)14/h3-4,7,10,16H,5-6,9H2,1-2H3. The number of rotatable bonds is 6. The lowest BCUT2D eigenvalue weighted by molar-refractivity contribution is 0.517. The zero-order valence-corrected chi connectivity index (χ0v) is 11.4. The van der Waals surface area contributed by atoms with Crippen molar-refractivity contribution in [3.05, 3.63) is 35.1 Å². The van der Waals surface area contributed by atoms with Crippen LogP contribution in [-0.4, -0.2) is 22.3 Å². The first kappa shape index (κ1) is 14.8. The van der Waals surface area contributed by atoms with Gasteiger partial charge >= 0.3 is 0 Å². The van der Waals surface area contributed by atoms with Gasteiger partial charge in [0.25, 0.3) is 0 Å². The number of nitriles is 1. The van der Waals surface area contributed by atoms with Crippen LogP contribution in [0.15, 0.2) is 18.2 Å². The maximum absolute atomic E-state index is 13.6. The van der Waals surface area contributed by atoms with E-state index in [2.05, 4.69) is 5.32 Å². The van der Waals surface area contributed by atoms with E-state index in [0.717, 1.165) is 6.42 Å². The van der Waals surface area contributed by atoms with Crippen molar-refractivity contribution in [2.24, 2.45) is 0 Å². The van der Waals surface area contributed by atoms with Gasteiger partial charge in [-0.1, -0.05) is 6.07 Å². The lowest BCUT2D eigenvalue weighted by Crippen LogP contribution is -2.27. The molecule has 1 rings (SSSR count). The van der Waals surface area contributed by atoms with Gasteiger partial charge in [0.2, 0.25) is 0 Å². The van der Waals surface area contributed by atoms with Crippen molar-refractivity contribution >= 4 is 10.8 Å². The summed E-state index contributed by atoms with van der Waals surface area (Å²) in [6.07, 6.45) is 2.47. The molecular formula is C13H17FN2OS. The Morgan fingerprint density at radius 1 is 1.56 bits per heavy atom. The van der Waals surface area contributed by atoms with Gasteiger partial charge in [0.1, 0.15) is 5.82 Å². The lowest BCUT2D eigenvalue weighted by Gasteiger charge is -2.13. The molecule has 0 spiro atoms. The van der Waals surface area contributed by atoms with Crippen molar-refractivity contribution in [3.8, 4) is 6.07 Å². The lowest BCUT2D eigenvalue weighted by atomic mass is 10.1. The molecule has 2 atom stereocenters. The largest absolute Gasteiger partial charge is 0.310 e. The molecule has 0 saturated carbocycles. The van der Waals surface area contributed by atoms with Gasteiger partial charge in [-0.2, -0.15) is 5.26 Å². The minimum Gasteiger partial charge on any atom is -0.310 e. The van der Waals surface area contributed by atoms with E-state index in [9.17, 15) is 8.60 Å². The summed E-state index contributed by atoms with van der Waals surface area (Å²) in [4.78, 5) is 0. The van der Waals surface area contributed by atoms with Gasteiger partial charge in [-0.05, 0) is 25.5 Å². The fourth-order valence-corrected chi connectivity index (χ4v) is 2.17. The smallest absolute Gasteiger partial charge is 0.129 e. The minimum absolute atomic E-state index is 0.184. The van der Waals surface area contributed by atoms with Gasteiger partial charge in [0.15, 0.2) is 0 Å². The summed E-state index contributed by atoms with van der Waals surface area (Å²) in [7, 11) is -0.793. The van der Waals surface area contributed by atoms with Gasteiger partial charge in [-0.3, -0.25) is 4.21 Å². The Hall–Kier alpha value is -1.25. The molecule has 0 radical (unpaired) electrons. The molecule has 0 amide bonds. The molecule has 0 aromatic heterocycles. The molecule has 0 fully saturated rings. The highest BCUT2D eigenvalue weighted by Crippen LogP contribution is 2.10. The Morgan fingerprint density at radius 2 is 2.28 bits per heavy atom. The van der Waals surface area contributed by atoms with E-state index in [1.54, 1.807) is 18.4 Å². The zero-order chi connectivity index (χ0) is 13.5. The van der Waals surface area contributed by atoms with Crippen molar-refractivity contribution in [2.45, 2.75) is 25.9 Å². The highest BCUT2D eigenvalue weighted by molar-refractivity contribution is 7.84. The van der Waals surface area contributed by atoms with Crippen molar-refractivity contribution < 1.29 is 8.60 Å². The number of nitrogens with zero attached hydrogens (tertiary/aromatic N) is 1. The second kappa shape index (κ2) is 7.24. The van der Waals surface area contributed by atoms with Gasteiger partial charge in [-0.25, -0.2) is 4.39 Å². The van der Waals surface area contributed by atoms with Crippen LogP contribution < -0.4 is 5.32 Å². The summed E-state index contributed by atoms with van der Waals surface area (Å²) in [6, 6.07) is 6.54. The molecule has 0 saturated heterocycles. The summed E-state index contributed by atoms with van der Waals surface area (Å²) < 4.78 is 24.5. The molecule has 98 valence electrons. The molecule has 0 aliphatic rings. The predicted octanol–water partition coefficient (Wildman–Crippen LogP) is 1.94. The SMILES string of the molecule is CC(CCS(C)=O)NCc1ccc(C#N)cc1F. The Morgan fingerprint density at radius 3 is 2.83 bits per heavy atom. The van der Waals surface area contributed by atoms with E-state index in [-0.39, 0.29) is 11.9 Å². The van der Waals surface area contributed by atoms with E-state index in [0.29, 0.717) is 23.4 Å². The third kappa shape index (κ3) is 4.94. The minimum atomic E-state index is -0.793. The Labute approximate surface area is 109 Å². The average molecular weight is 268 g/mol. The van der Waals surface area contributed by atoms with Gasteiger partial charge in [-0.15, -0.1) is 0 Å². The average Bonchev–Trinajstić information content (AvgIpc) is 2.34. The summed E-state index contributed by atoms with van der Waals surface area (Å²) in [5, 5.41) is 11.8. The van der Waals surface area contributed by atoms with E-state index in [1.807, 2.05) is 13.0 Å². The molecule has 1 aromatic rings. The molecule has 0 bridgehead atoms. The van der Waals surface area contributed by atoms with Crippen molar-refractivity contribution in [1.82, 2.24) is 5.32 Å². The summed E-state index contributed by atoms with van der Waals surface area (Å²) in [5.41, 5.74) is 0.865. The van der Waals surface area contributed by atoms with Crippen LogP contribution in [0.4, 0.5) is 4.39 Å². The first-order chi connectivity index (χ1) is 8.52. The predicted molar refractivity (Wildman–Crippen MR) is 71.0 cm³/mol. The Kier molecular flexibility index (Phi) is 5.96. The van der Waals surface area contributed by atoms with Gasteiger partial charge in [0, 0.05) is 41.0 Å². The normalized spacial score (nSPS) is 13.9. The molecule has 3 nitrogen and oxygen atoms in total. The maximum Gasteiger partial charge on any atom is 0.129 e. The number of nitrogens with one attached hydrogen (secondary N) is 1. The van der Waals surface area contributed by atoms with Crippen LogP contribution in [-0.2, 0) is 17.3 Å². The van der Waals surface area contributed by atoms with E-state index < -0.39 is 10.8 Å². The fourth-order valence-electron chi connectivity index (χ4n) is 1.49. The van der Waals surface area contributed by atoms with E-state index in [4.69, 9.17) is 5.26 Å². The van der Waals surface area contributed by atoms with Crippen LogP contribution in [0.25, 0.3) is 0 Å². The molecule has 0 heterocycles. The molecule has 0 aliphatic carbocycles. The first-order valence-electron chi connectivity index (χ1n) is 5.75. The molecular weight excluding hydrogens is 251 g/mol. The number of halogens is 1. The molecule has 0 aliphatic heterocycles. The Balaban J connectivity index is 2.48. The molecule has 5 heteroatoms.